The van der Waals surface area contributed by atoms with E-state index in [9.17, 15) is 14.9 Å². The minimum absolute atomic E-state index is 0.101. The lowest BCUT2D eigenvalue weighted by atomic mass is 10.1. The maximum Gasteiger partial charge on any atom is 0.293 e. The van der Waals surface area contributed by atoms with Crippen LogP contribution in [0.15, 0.2) is 28.7 Å². The Morgan fingerprint density at radius 2 is 1.92 bits per heavy atom. The number of hydrogen-bond donors (Lipinski definition) is 1. The summed E-state index contributed by atoms with van der Waals surface area (Å²) in [6, 6.07) is 6.82. The van der Waals surface area contributed by atoms with Crippen LogP contribution < -0.4 is 5.32 Å². The Labute approximate surface area is 140 Å². The predicted molar refractivity (Wildman–Crippen MR) is 91.0 cm³/mol. The van der Waals surface area contributed by atoms with Gasteiger partial charge in [-0.15, -0.1) is 0 Å². The number of amides is 1. The fourth-order valence-electron chi connectivity index (χ4n) is 2.38. The van der Waals surface area contributed by atoms with Crippen LogP contribution in [0.3, 0.4) is 0 Å². The van der Waals surface area contributed by atoms with Gasteiger partial charge in [0, 0.05) is 6.07 Å². The summed E-state index contributed by atoms with van der Waals surface area (Å²) < 4.78 is 5.47. The van der Waals surface area contributed by atoms with E-state index in [1.54, 1.807) is 24.9 Å². The molecule has 128 valence electrons. The standard InChI is InChI=1S/C17H21N3O4/c1-11-7-15(16(20(22)23)8-12(11)2)18-17(21)10-19(4)9-14-6-5-13(3)24-14/h5-8H,9-10H2,1-4H3,(H,18,21). The fraction of sp³-hybridized carbons (Fsp3) is 0.353. The van der Waals surface area contributed by atoms with Crippen LogP contribution in [-0.2, 0) is 11.3 Å². The van der Waals surface area contributed by atoms with Gasteiger partial charge >= 0.3 is 0 Å². The van der Waals surface area contributed by atoms with E-state index in [1.807, 2.05) is 26.0 Å². The molecule has 1 heterocycles. The van der Waals surface area contributed by atoms with Crippen LogP contribution in [0.25, 0.3) is 0 Å². The lowest BCUT2D eigenvalue weighted by Crippen LogP contribution is -2.30. The first-order valence-corrected chi connectivity index (χ1v) is 7.55. The van der Waals surface area contributed by atoms with Crippen molar-refractivity contribution in [3.63, 3.8) is 0 Å². The van der Waals surface area contributed by atoms with E-state index in [0.717, 1.165) is 22.6 Å². The first kappa shape index (κ1) is 17.7. The number of nitro benzene ring substituents is 1. The summed E-state index contributed by atoms with van der Waals surface area (Å²) >= 11 is 0. The van der Waals surface area contributed by atoms with Crippen molar-refractivity contribution in [2.45, 2.75) is 27.3 Å². The molecular weight excluding hydrogens is 310 g/mol. The molecule has 0 radical (unpaired) electrons. The van der Waals surface area contributed by atoms with Crippen molar-refractivity contribution in [1.29, 1.82) is 0 Å². The SMILES string of the molecule is Cc1ccc(CN(C)CC(=O)Nc2cc(C)c(C)cc2[N+](=O)[O-])o1. The highest BCUT2D eigenvalue weighted by molar-refractivity contribution is 5.94. The van der Waals surface area contributed by atoms with Crippen LogP contribution in [0.4, 0.5) is 11.4 Å². The number of carbonyl (C=O) groups excluding carboxylic acids is 1. The van der Waals surface area contributed by atoms with Gasteiger partial charge in [-0.3, -0.25) is 19.8 Å². The molecule has 0 fully saturated rings. The summed E-state index contributed by atoms with van der Waals surface area (Å²) in [7, 11) is 1.78. The number of anilines is 1. The zero-order chi connectivity index (χ0) is 17.9. The van der Waals surface area contributed by atoms with Gasteiger partial charge in [-0.2, -0.15) is 0 Å². The largest absolute Gasteiger partial charge is 0.465 e. The molecule has 1 N–H and O–H groups in total. The van der Waals surface area contributed by atoms with Gasteiger partial charge in [0.2, 0.25) is 5.91 Å². The molecule has 24 heavy (non-hydrogen) atoms. The quantitative estimate of drug-likeness (QED) is 0.648. The van der Waals surface area contributed by atoms with Crippen LogP contribution in [-0.4, -0.2) is 29.3 Å². The average molecular weight is 331 g/mol. The van der Waals surface area contributed by atoms with Crippen molar-refractivity contribution in [3.05, 3.63) is 57.0 Å². The topological polar surface area (TPSA) is 88.6 Å². The number of nitrogens with zero attached hydrogens (tertiary/aromatic N) is 2. The third kappa shape index (κ3) is 4.42. The third-order valence-electron chi connectivity index (χ3n) is 3.72. The Kier molecular flexibility index (Phi) is 5.35. The van der Waals surface area contributed by atoms with E-state index < -0.39 is 4.92 Å². The number of carbonyl (C=O) groups is 1. The number of furan rings is 1. The summed E-state index contributed by atoms with van der Waals surface area (Å²) in [6.07, 6.45) is 0. The molecule has 2 rings (SSSR count). The third-order valence-corrected chi connectivity index (χ3v) is 3.72. The molecular formula is C17H21N3O4. The fourth-order valence-corrected chi connectivity index (χ4v) is 2.38. The number of rotatable bonds is 6. The molecule has 7 nitrogen and oxygen atoms in total. The molecule has 0 unspecified atom stereocenters. The summed E-state index contributed by atoms with van der Waals surface area (Å²) in [5, 5.41) is 13.8. The Hall–Kier alpha value is -2.67. The van der Waals surface area contributed by atoms with Crippen LogP contribution in [0.1, 0.15) is 22.6 Å². The zero-order valence-electron chi connectivity index (χ0n) is 14.3. The molecule has 0 aliphatic rings. The Bertz CT molecular complexity index is 767. The highest BCUT2D eigenvalue weighted by atomic mass is 16.6. The zero-order valence-corrected chi connectivity index (χ0v) is 14.3. The maximum absolute atomic E-state index is 12.2. The van der Waals surface area contributed by atoms with Gasteiger partial charge in [-0.1, -0.05) is 0 Å². The van der Waals surface area contributed by atoms with Gasteiger partial charge in [-0.25, -0.2) is 0 Å². The first-order valence-electron chi connectivity index (χ1n) is 7.55. The van der Waals surface area contributed by atoms with Gasteiger partial charge in [-0.05, 0) is 57.1 Å². The molecule has 0 aliphatic carbocycles. The van der Waals surface area contributed by atoms with E-state index in [4.69, 9.17) is 4.42 Å². The normalized spacial score (nSPS) is 10.9. The van der Waals surface area contributed by atoms with Crippen molar-refractivity contribution in [2.75, 3.05) is 18.9 Å². The van der Waals surface area contributed by atoms with E-state index in [-0.39, 0.29) is 23.8 Å². The average Bonchev–Trinajstić information content (AvgIpc) is 2.87. The highest BCUT2D eigenvalue weighted by Crippen LogP contribution is 2.27. The maximum atomic E-state index is 12.2. The summed E-state index contributed by atoms with van der Waals surface area (Å²) in [4.78, 5) is 24.6. The molecule has 0 aliphatic heterocycles. The molecule has 1 amide bonds. The van der Waals surface area contributed by atoms with Gasteiger partial charge in [0.15, 0.2) is 0 Å². The van der Waals surface area contributed by atoms with Crippen LogP contribution in [0.2, 0.25) is 0 Å². The minimum atomic E-state index is -0.489. The van der Waals surface area contributed by atoms with Crippen LogP contribution in [0.5, 0.6) is 0 Å². The lowest BCUT2D eigenvalue weighted by Gasteiger charge is -2.15. The molecule has 1 aromatic carbocycles. The highest BCUT2D eigenvalue weighted by Gasteiger charge is 2.18. The molecule has 0 saturated heterocycles. The van der Waals surface area contributed by atoms with E-state index in [2.05, 4.69) is 5.32 Å². The molecule has 0 saturated carbocycles. The Balaban J connectivity index is 2.04. The summed E-state index contributed by atoms with van der Waals surface area (Å²) in [5.74, 6) is 1.26. The number of nitrogens with one attached hydrogen (secondary N) is 1. The predicted octanol–water partition coefficient (Wildman–Crippen LogP) is 3.18. The second kappa shape index (κ2) is 7.27. The molecule has 2 aromatic rings. The van der Waals surface area contributed by atoms with Gasteiger partial charge in [0.1, 0.15) is 17.2 Å². The molecule has 0 atom stereocenters. The van der Waals surface area contributed by atoms with Crippen molar-refractivity contribution in [2.24, 2.45) is 0 Å². The number of likely N-dealkylation sites (N-methyl/N-ethyl adjacent to an activating group) is 1. The van der Waals surface area contributed by atoms with Crippen molar-refractivity contribution < 1.29 is 14.1 Å². The lowest BCUT2D eigenvalue weighted by molar-refractivity contribution is -0.384. The first-order chi connectivity index (χ1) is 11.3. The summed E-state index contributed by atoms with van der Waals surface area (Å²) in [5.41, 5.74) is 1.81. The van der Waals surface area contributed by atoms with Crippen molar-refractivity contribution in [1.82, 2.24) is 4.90 Å². The smallest absolute Gasteiger partial charge is 0.293 e. The Morgan fingerprint density at radius 1 is 1.25 bits per heavy atom. The van der Waals surface area contributed by atoms with E-state index in [1.165, 1.54) is 6.07 Å². The number of nitro groups is 1. The molecule has 7 heteroatoms. The second-order valence-corrected chi connectivity index (χ2v) is 5.94. The number of benzene rings is 1. The number of aryl methyl sites for hydroxylation is 3. The van der Waals surface area contributed by atoms with Crippen molar-refractivity contribution in [3.8, 4) is 0 Å². The van der Waals surface area contributed by atoms with Gasteiger partial charge < -0.3 is 9.73 Å². The molecule has 0 spiro atoms. The van der Waals surface area contributed by atoms with Gasteiger partial charge in [0.05, 0.1) is 18.0 Å². The molecule has 0 bridgehead atoms. The summed E-state index contributed by atoms with van der Waals surface area (Å²) in [6.45, 7) is 6.09. The molecule has 1 aromatic heterocycles. The van der Waals surface area contributed by atoms with E-state index >= 15 is 0 Å². The van der Waals surface area contributed by atoms with Crippen LogP contribution in [0, 0.1) is 30.9 Å². The van der Waals surface area contributed by atoms with E-state index in [0.29, 0.717) is 6.54 Å². The number of hydrogen-bond acceptors (Lipinski definition) is 5. The Morgan fingerprint density at radius 3 is 2.50 bits per heavy atom. The second-order valence-electron chi connectivity index (χ2n) is 5.94. The van der Waals surface area contributed by atoms with Crippen molar-refractivity contribution >= 4 is 17.3 Å². The van der Waals surface area contributed by atoms with Crippen LogP contribution >= 0.6 is 0 Å². The monoisotopic (exact) mass is 331 g/mol. The minimum Gasteiger partial charge on any atom is -0.465 e. The van der Waals surface area contributed by atoms with Gasteiger partial charge in [0.25, 0.3) is 5.69 Å².